The number of nitriles is 1. The molecule has 0 saturated heterocycles. The molecule has 0 radical (unpaired) electrons. The monoisotopic (exact) mass is 425 g/mol. The third-order valence-corrected chi connectivity index (χ3v) is 4.93. The van der Waals surface area contributed by atoms with Gasteiger partial charge in [-0.2, -0.15) is 15.0 Å². The van der Waals surface area contributed by atoms with Gasteiger partial charge in [-0.3, -0.25) is 4.79 Å². The first kappa shape index (κ1) is 20.3. The van der Waals surface area contributed by atoms with E-state index in [1.54, 1.807) is 49.4 Å². The van der Waals surface area contributed by atoms with E-state index >= 15 is 0 Å². The van der Waals surface area contributed by atoms with Crippen LogP contribution in [0.15, 0.2) is 47.3 Å². The van der Waals surface area contributed by atoms with Crippen molar-refractivity contribution < 1.29 is 9.90 Å². The largest absolute Gasteiger partial charge is 0.476 e. The van der Waals surface area contributed by atoms with Gasteiger partial charge in [-0.15, -0.1) is 0 Å². The summed E-state index contributed by atoms with van der Waals surface area (Å²) in [7, 11) is 0. The Labute approximate surface area is 175 Å². The van der Waals surface area contributed by atoms with Crippen LogP contribution in [0.1, 0.15) is 32.7 Å². The first-order chi connectivity index (χ1) is 13.8. The summed E-state index contributed by atoms with van der Waals surface area (Å²) in [6.45, 7) is 1.79. The highest BCUT2D eigenvalue weighted by Gasteiger charge is 2.21. The highest BCUT2D eigenvalue weighted by atomic mass is 35.5. The molecule has 3 rings (SSSR count). The predicted molar refractivity (Wildman–Crippen MR) is 112 cm³/mol. The number of rotatable bonds is 4. The normalized spacial score (nSPS) is 10.8. The minimum atomic E-state index is -1.38. The van der Waals surface area contributed by atoms with Gasteiger partial charge in [-0.05, 0) is 36.2 Å². The molecule has 0 spiro atoms. The molecule has 8 heteroatoms. The van der Waals surface area contributed by atoms with E-state index in [0.29, 0.717) is 15.6 Å². The number of carboxylic acids is 1. The van der Waals surface area contributed by atoms with Gasteiger partial charge in [0.05, 0.1) is 5.69 Å². The van der Waals surface area contributed by atoms with Crippen LogP contribution in [-0.2, 0) is 0 Å². The summed E-state index contributed by atoms with van der Waals surface area (Å²) in [6, 6.07) is 13.4. The molecule has 1 aromatic heterocycles. The number of carboxylic acid groups (broad SMARTS) is 1. The Morgan fingerprint density at radius 3 is 2.52 bits per heavy atom. The summed E-state index contributed by atoms with van der Waals surface area (Å²) >= 11 is 12.2. The van der Waals surface area contributed by atoms with Gasteiger partial charge in [0.15, 0.2) is 5.69 Å². The lowest BCUT2D eigenvalue weighted by Crippen LogP contribution is -2.28. The van der Waals surface area contributed by atoms with Crippen LogP contribution in [0.5, 0.6) is 0 Å². The van der Waals surface area contributed by atoms with Gasteiger partial charge in [-0.25, -0.2) is 4.79 Å². The summed E-state index contributed by atoms with van der Waals surface area (Å²) in [6.07, 6.45) is 2.88. The standard InChI is InChI=1S/C21H13Cl2N3O3/c1-12-6-8-14(10-18(12)23)26-20(27)16(11-24)15(19(25-26)21(28)29)9-7-13-4-2-3-5-17(13)22/h2-10H,1H3,(H,28,29)/b9-7-. The van der Waals surface area contributed by atoms with E-state index in [-0.39, 0.29) is 16.8 Å². The van der Waals surface area contributed by atoms with Crippen LogP contribution in [0.2, 0.25) is 10.0 Å². The maximum atomic E-state index is 12.9. The predicted octanol–water partition coefficient (Wildman–Crippen LogP) is 4.59. The summed E-state index contributed by atoms with van der Waals surface area (Å²) in [5.74, 6) is -1.38. The van der Waals surface area contributed by atoms with Crippen molar-refractivity contribution in [3.63, 3.8) is 0 Å². The molecule has 1 N–H and O–H groups in total. The van der Waals surface area contributed by atoms with Gasteiger partial charge in [-0.1, -0.05) is 59.6 Å². The summed E-state index contributed by atoms with van der Waals surface area (Å²) in [5, 5.41) is 24.0. The molecule has 0 bridgehead atoms. The number of halogens is 2. The van der Waals surface area contributed by atoms with Crippen molar-refractivity contribution >= 4 is 41.3 Å². The van der Waals surface area contributed by atoms with E-state index in [1.165, 1.54) is 18.2 Å². The fourth-order valence-corrected chi connectivity index (χ4v) is 3.01. The number of hydrogen-bond donors (Lipinski definition) is 1. The molecule has 0 fully saturated rings. The van der Waals surface area contributed by atoms with Crippen LogP contribution < -0.4 is 5.56 Å². The lowest BCUT2D eigenvalue weighted by Gasteiger charge is -2.10. The Balaban J connectivity index is 2.25. The number of hydrogen-bond acceptors (Lipinski definition) is 4. The van der Waals surface area contributed by atoms with E-state index in [4.69, 9.17) is 23.2 Å². The highest BCUT2D eigenvalue weighted by molar-refractivity contribution is 6.32. The molecule has 0 amide bonds. The van der Waals surface area contributed by atoms with Gasteiger partial charge in [0, 0.05) is 15.6 Å². The van der Waals surface area contributed by atoms with Crippen molar-refractivity contribution in [1.29, 1.82) is 5.26 Å². The van der Waals surface area contributed by atoms with Gasteiger partial charge < -0.3 is 5.11 Å². The molecule has 0 unspecified atom stereocenters. The zero-order valence-corrected chi connectivity index (χ0v) is 16.6. The van der Waals surface area contributed by atoms with Gasteiger partial charge in [0.25, 0.3) is 5.56 Å². The summed E-state index contributed by atoms with van der Waals surface area (Å²) in [4.78, 5) is 24.7. The molecular formula is C21H13Cl2N3O3. The average molecular weight is 426 g/mol. The second-order valence-corrected chi connectivity index (χ2v) is 6.87. The quantitative estimate of drug-likeness (QED) is 0.659. The molecule has 144 valence electrons. The van der Waals surface area contributed by atoms with Crippen LogP contribution in [0.3, 0.4) is 0 Å². The van der Waals surface area contributed by atoms with Crippen LogP contribution >= 0.6 is 23.2 Å². The SMILES string of the molecule is Cc1ccc(-n2nc(C(=O)O)c(/C=C\c3ccccc3Cl)c(C#N)c2=O)cc1Cl. The van der Waals surface area contributed by atoms with E-state index in [9.17, 15) is 20.0 Å². The van der Waals surface area contributed by atoms with Crippen molar-refractivity contribution in [2.45, 2.75) is 6.92 Å². The minimum Gasteiger partial charge on any atom is -0.476 e. The van der Waals surface area contributed by atoms with Crippen LogP contribution in [0.25, 0.3) is 17.8 Å². The van der Waals surface area contributed by atoms with E-state index in [0.717, 1.165) is 10.2 Å². The average Bonchev–Trinajstić information content (AvgIpc) is 2.69. The highest BCUT2D eigenvalue weighted by Crippen LogP contribution is 2.22. The van der Waals surface area contributed by atoms with E-state index in [1.807, 2.05) is 0 Å². The van der Waals surface area contributed by atoms with E-state index in [2.05, 4.69) is 5.10 Å². The van der Waals surface area contributed by atoms with Gasteiger partial charge in [0.1, 0.15) is 11.6 Å². The first-order valence-corrected chi connectivity index (χ1v) is 9.09. The van der Waals surface area contributed by atoms with Crippen molar-refractivity contribution in [1.82, 2.24) is 9.78 Å². The number of carbonyl (C=O) groups is 1. The Kier molecular flexibility index (Phi) is 5.83. The summed E-state index contributed by atoms with van der Waals surface area (Å²) < 4.78 is 0.861. The van der Waals surface area contributed by atoms with Crippen molar-refractivity contribution in [3.05, 3.63) is 90.8 Å². The Morgan fingerprint density at radius 1 is 1.17 bits per heavy atom. The smallest absolute Gasteiger partial charge is 0.357 e. The van der Waals surface area contributed by atoms with Crippen molar-refractivity contribution in [2.75, 3.05) is 0 Å². The topological polar surface area (TPSA) is 96.0 Å². The second kappa shape index (κ2) is 8.31. The van der Waals surface area contributed by atoms with Crippen LogP contribution in [0.4, 0.5) is 0 Å². The van der Waals surface area contributed by atoms with Crippen LogP contribution in [-0.4, -0.2) is 20.9 Å². The summed E-state index contributed by atoms with van der Waals surface area (Å²) in [5.41, 5.74) is -0.00833. The lowest BCUT2D eigenvalue weighted by molar-refractivity contribution is 0.0688. The Bertz CT molecular complexity index is 1260. The first-order valence-electron chi connectivity index (χ1n) is 8.33. The zero-order chi connectivity index (χ0) is 21.1. The minimum absolute atomic E-state index is 0.0978. The fraction of sp³-hybridized carbons (Fsp3) is 0.0476. The molecular weight excluding hydrogens is 413 g/mol. The molecule has 29 heavy (non-hydrogen) atoms. The zero-order valence-electron chi connectivity index (χ0n) is 15.1. The second-order valence-electron chi connectivity index (χ2n) is 6.06. The van der Waals surface area contributed by atoms with E-state index < -0.39 is 17.2 Å². The Morgan fingerprint density at radius 2 is 1.90 bits per heavy atom. The van der Waals surface area contributed by atoms with Gasteiger partial charge in [0.2, 0.25) is 0 Å². The number of nitrogens with zero attached hydrogens (tertiary/aromatic N) is 3. The molecule has 3 aromatic rings. The molecule has 0 aliphatic carbocycles. The van der Waals surface area contributed by atoms with Crippen molar-refractivity contribution in [3.8, 4) is 11.8 Å². The molecule has 0 aliphatic heterocycles. The molecule has 2 aromatic carbocycles. The lowest BCUT2D eigenvalue weighted by atomic mass is 10.1. The van der Waals surface area contributed by atoms with Crippen molar-refractivity contribution in [2.24, 2.45) is 0 Å². The molecule has 6 nitrogen and oxygen atoms in total. The molecule has 0 atom stereocenters. The molecule has 0 aliphatic rings. The number of benzene rings is 2. The molecule has 0 saturated carbocycles. The maximum absolute atomic E-state index is 12.9. The molecule has 1 heterocycles. The third-order valence-electron chi connectivity index (χ3n) is 4.18. The van der Waals surface area contributed by atoms with Crippen LogP contribution in [0, 0.1) is 18.3 Å². The fourth-order valence-electron chi connectivity index (χ4n) is 2.64. The maximum Gasteiger partial charge on any atom is 0.357 e. The Hall–Kier alpha value is -3.40. The third kappa shape index (κ3) is 4.06. The number of aromatic carboxylic acids is 1. The number of aromatic nitrogens is 2. The van der Waals surface area contributed by atoms with Gasteiger partial charge >= 0.3 is 5.97 Å². The number of aryl methyl sites for hydroxylation is 1.